The molecule has 0 amide bonds. The summed E-state index contributed by atoms with van der Waals surface area (Å²) in [6.45, 7) is 9.00. The monoisotopic (exact) mass is 384 g/mol. The van der Waals surface area contributed by atoms with Gasteiger partial charge in [0, 0.05) is 18.7 Å². The molecule has 0 fully saturated rings. The topological polar surface area (TPSA) is 110 Å². The minimum Gasteiger partial charge on any atom is -0.478 e. The second-order valence-electron chi connectivity index (χ2n) is 7.76. The SMILES string of the molecule is CC(C)Cn1c(-c2ccc(C(=O)O)cc2)nc2c1c(=O)[nH]c(=O)n2CC(C)C. The summed E-state index contributed by atoms with van der Waals surface area (Å²) in [5.41, 5.74) is 0.607. The summed E-state index contributed by atoms with van der Waals surface area (Å²) in [7, 11) is 0. The second kappa shape index (κ2) is 7.46. The molecular weight excluding hydrogens is 360 g/mol. The van der Waals surface area contributed by atoms with E-state index in [1.165, 1.54) is 16.7 Å². The highest BCUT2D eigenvalue weighted by Crippen LogP contribution is 2.24. The van der Waals surface area contributed by atoms with Gasteiger partial charge in [0.1, 0.15) is 5.82 Å². The maximum absolute atomic E-state index is 12.6. The molecule has 8 nitrogen and oxygen atoms in total. The Morgan fingerprint density at radius 2 is 1.61 bits per heavy atom. The number of hydrogen-bond donors (Lipinski definition) is 2. The Balaban J connectivity index is 2.32. The molecule has 0 saturated carbocycles. The van der Waals surface area contributed by atoms with Crippen LogP contribution in [-0.4, -0.2) is 30.2 Å². The van der Waals surface area contributed by atoms with Crippen molar-refractivity contribution in [3.8, 4) is 11.4 Å². The van der Waals surface area contributed by atoms with E-state index in [4.69, 9.17) is 5.11 Å². The molecule has 0 bridgehead atoms. The van der Waals surface area contributed by atoms with Crippen LogP contribution in [-0.2, 0) is 13.1 Å². The van der Waals surface area contributed by atoms with E-state index in [-0.39, 0.29) is 17.4 Å². The number of aromatic amines is 1. The Labute approximate surface area is 161 Å². The van der Waals surface area contributed by atoms with Gasteiger partial charge >= 0.3 is 11.7 Å². The Morgan fingerprint density at radius 1 is 1.04 bits per heavy atom. The van der Waals surface area contributed by atoms with Gasteiger partial charge in [-0.3, -0.25) is 14.3 Å². The number of carboxylic acid groups (broad SMARTS) is 1. The summed E-state index contributed by atoms with van der Waals surface area (Å²) < 4.78 is 3.30. The van der Waals surface area contributed by atoms with Gasteiger partial charge in [-0.2, -0.15) is 0 Å². The van der Waals surface area contributed by atoms with E-state index < -0.39 is 17.2 Å². The van der Waals surface area contributed by atoms with Crippen molar-refractivity contribution < 1.29 is 9.90 Å². The number of aromatic nitrogens is 4. The maximum atomic E-state index is 12.6. The molecule has 2 heterocycles. The second-order valence-corrected chi connectivity index (χ2v) is 7.76. The highest BCUT2D eigenvalue weighted by Gasteiger charge is 2.20. The van der Waals surface area contributed by atoms with E-state index in [9.17, 15) is 14.4 Å². The van der Waals surface area contributed by atoms with Crippen LogP contribution in [0.2, 0.25) is 0 Å². The molecular formula is C20H24N4O4. The summed E-state index contributed by atoms with van der Waals surface area (Å²) in [5, 5.41) is 9.12. The lowest BCUT2D eigenvalue weighted by atomic mass is 10.1. The van der Waals surface area contributed by atoms with Crippen molar-refractivity contribution >= 4 is 17.1 Å². The minimum atomic E-state index is -1.01. The normalized spacial score (nSPS) is 11.6. The van der Waals surface area contributed by atoms with Gasteiger partial charge in [0.2, 0.25) is 0 Å². The summed E-state index contributed by atoms with van der Waals surface area (Å²) in [6, 6.07) is 6.34. The van der Waals surface area contributed by atoms with Crippen molar-refractivity contribution in [3.63, 3.8) is 0 Å². The van der Waals surface area contributed by atoms with Gasteiger partial charge in [-0.15, -0.1) is 0 Å². The summed E-state index contributed by atoms with van der Waals surface area (Å²) in [5.74, 6) is -0.0432. The van der Waals surface area contributed by atoms with E-state index in [2.05, 4.69) is 9.97 Å². The Morgan fingerprint density at radius 3 is 2.14 bits per heavy atom. The molecule has 2 N–H and O–H groups in total. The summed E-state index contributed by atoms with van der Waals surface area (Å²) in [6.07, 6.45) is 0. The average Bonchev–Trinajstić information content (AvgIpc) is 2.97. The van der Waals surface area contributed by atoms with Gasteiger partial charge in [0.15, 0.2) is 11.2 Å². The van der Waals surface area contributed by atoms with Crippen LogP contribution in [0, 0.1) is 11.8 Å². The zero-order valence-corrected chi connectivity index (χ0v) is 16.4. The number of nitrogens with one attached hydrogen (secondary N) is 1. The lowest BCUT2D eigenvalue weighted by Crippen LogP contribution is -2.32. The van der Waals surface area contributed by atoms with Crippen LogP contribution in [0.5, 0.6) is 0 Å². The number of carbonyl (C=O) groups is 1. The highest BCUT2D eigenvalue weighted by atomic mass is 16.4. The lowest BCUT2D eigenvalue weighted by Gasteiger charge is -2.12. The first-order valence-corrected chi connectivity index (χ1v) is 9.26. The van der Waals surface area contributed by atoms with Gasteiger partial charge in [-0.25, -0.2) is 14.6 Å². The van der Waals surface area contributed by atoms with E-state index in [0.29, 0.717) is 35.6 Å². The number of benzene rings is 1. The largest absolute Gasteiger partial charge is 0.478 e. The fourth-order valence-electron chi connectivity index (χ4n) is 3.23. The number of imidazole rings is 1. The van der Waals surface area contributed by atoms with Crippen molar-refractivity contribution in [1.29, 1.82) is 0 Å². The number of nitrogens with zero attached hydrogens (tertiary/aromatic N) is 3. The zero-order chi connectivity index (χ0) is 20.6. The molecule has 0 unspecified atom stereocenters. The molecule has 28 heavy (non-hydrogen) atoms. The van der Waals surface area contributed by atoms with Crippen LogP contribution in [0.3, 0.4) is 0 Å². The van der Waals surface area contributed by atoms with Gasteiger partial charge in [0.25, 0.3) is 5.56 Å². The van der Waals surface area contributed by atoms with Crippen LogP contribution in [0.15, 0.2) is 33.9 Å². The number of hydrogen-bond acceptors (Lipinski definition) is 4. The Hall–Kier alpha value is -3.16. The minimum absolute atomic E-state index is 0.171. The number of carboxylic acids is 1. The quantitative estimate of drug-likeness (QED) is 0.679. The fourth-order valence-corrected chi connectivity index (χ4v) is 3.23. The number of fused-ring (bicyclic) bond motifs is 1. The molecule has 3 rings (SSSR count). The zero-order valence-electron chi connectivity index (χ0n) is 16.4. The third kappa shape index (κ3) is 3.62. The van der Waals surface area contributed by atoms with Crippen molar-refractivity contribution in [2.45, 2.75) is 40.8 Å². The third-order valence-electron chi connectivity index (χ3n) is 4.37. The smallest absolute Gasteiger partial charge is 0.335 e. The van der Waals surface area contributed by atoms with Crippen molar-refractivity contribution in [3.05, 3.63) is 50.7 Å². The lowest BCUT2D eigenvalue weighted by molar-refractivity contribution is 0.0697. The summed E-state index contributed by atoms with van der Waals surface area (Å²) in [4.78, 5) is 43.2. The average molecular weight is 384 g/mol. The van der Waals surface area contributed by atoms with Crippen LogP contribution < -0.4 is 11.2 Å². The van der Waals surface area contributed by atoms with Crippen molar-refractivity contribution in [2.24, 2.45) is 11.8 Å². The molecule has 0 saturated heterocycles. The molecule has 1 aromatic carbocycles. The Kier molecular flexibility index (Phi) is 5.22. The molecule has 0 aliphatic heterocycles. The van der Waals surface area contributed by atoms with E-state index >= 15 is 0 Å². The highest BCUT2D eigenvalue weighted by molar-refractivity contribution is 5.88. The molecule has 0 atom stereocenters. The maximum Gasteiger partial charge on any atom is 0.335 e. The van der Waals surface area contributed by atoms with Crippen molar-refractivity contribution in [1.82, 2.24) is 19.1 Å². The molecule has 3 aromatic rings. The first-order chi connectivity index (χ1) is 13.2. The molecule has 148 valence electrons. The fraction of sp³-hybridized carbons (Fsp3) is 0.400. The van der Waals surface area contributed by atoms with Gasteiger partial charge in [0.05, 0.1) is 5.56 Å². The van der Waals surface area contributed by atoms with Crippen LogP contribution in [0.25, 0.3) is 22.6 Å². The molecule has 0 aliphatic carbocycles. The predicted molar refractivity (Wildman–Crippen MR) is 107 cm³/mol. The predicted octanol–water partition coefficient (Wildman–Crippen LogP) is 2.56. The number of H-pyrrole nitrogens is 1. The molecule has 0 spiro atoms. The van der Waals surface area contributed by atoms with E-state index in [0.717, 1.165) is 0 Å². The molecule has 8 heteroatoms. The number of aromatic carboxylic acids is 1. The van der Waals surface area contributed by atoms with Crippen LogP contribution >= 0.6 is 0 Å². The van der Waals surface area contributed by atoms with Crippen molar-refractivity contribution in [2.75, 3.05) is 0 Å². The molecule has 0 aliphatic rings. The molecule has 0 radical (unpaired) electrons. The van der Waals surface area contributed by atoms with Crippen LogP contribution in [0.4, 0.5) is 0 Å². The first-order valence-electron chi connectivity index (χ1n) is 9.26. The van der Waals surface area contributed by atoms with Crippen LogP contribution in [0.1, 0.15) is 38.1 Å². The Bertz CT molecular complexity index is 1130. The van der Waals surface area contributed by atoms with E-state index in [1.54, 1.807) is 12.1 Å². The first kappa shape index (κ1) is 19.6. The number of rotatable bonds is 6. The standard InChI is InChI=1S/C20H24N4O4/c1-11(2)9-23-15-17(24(10-12(3)4)20(28)22-18(15)25)21-16(23)13-5-7-14(8-6-13)19(26)27/h5-8,11-12H,9-10H2,1-4H3,(H,26,27)(H,22,25,28). The van der Waals surface area contributed by atoms with Gasteiger partial charge < -0.3 is 9.67 Å². The summed E-state index contributed by atoms with van der Waals surface area (Å²) >= 11 is 0. The van der Waals surface area contributed by atoms with Gasteiger partial charge in [-0.1, -0.05) is 39.8 Å². The van der Waals surface area contributed by atoms with Gasteiger partial charge in [-0.05, 0) is 24.0 Å². The van der Waals surface area contributed by atoms with E-state index in [1.807, 2.05) is 32.3 Å². The molecule has 2 aromatic heterocycles. The third-order valence-corrected chi connectivity index (χ3v) is 4.37.